The van der Waals surface area contributed by atoms with Gasteiger partial charge in [-0.15, -0.1) is 12.4 Å². The van der Waals surface area contributed by atoms with Crippen molar-refractivity contribution in [3.05, 3.63) is 17.7 Å². The third-order valence-electron chi connectivity index (χ3n) is 5.24. The van der Waals surface area contributed by atoms with Gasteiger partial charge < -0.3 is 24.4 Å². The molecular weight excluding hydrogens is 344 g/mol. The monoisotopic (exact) mass is 370 g/mol. The van der Waals surface area contributed by atoms with Crippen molar-refractivity contribution < 1.29 is 19.0 Å². The summed E-state index contributed by atoms with van der Waals surface area (Å²) in [5, 5.41) is 3.46. The van der Waals surface area contributed by atoms with Crippen LogP contribution in [0.15, 0.2) is 12.1 Å². The van der Waals surface area contributed by atoms with Gasteiger partial charge in [-0.1, -0.05) is 0 Å². The van der Waals surface area contributed by atoms with Gasteiger partial charge >= 0.3 is 0 Å². The van der Waals surface area contributed by atoms with Gasteiger partial charge in [-0.25, -0.2) is 0 Å². The number of nitrogens with one attached hydrogen (secondary N) is 1. The average molecular weight is 371 g/mol. The molecule has 3 rings (SSSR count). The van der Waals surface area contributed by atoms with Crippen molar-refractivity contribution in [1.82, 2.24) is 10.2 Å². The van der Waals surface area contributed by atoms with Gasteiger partial charge in [0.15, 0.2) is 11.5 Å². The lowest BCUT2D eigenvalue weighted by Gasteiger charge is -2.23. The van der Waals surface area contributed by atoms with Crippen molar-refractivity contribution >= 4 is 18.3 Å². The summed E-state index contributed by atoms with van der Waals surface area (Å²) < 4.78 is 16.0. The Morgan fingerprint density at radius 1 is 0.960 bits per heavy atom. The maximum atomic E-state index is 13.1. The number of amides is 1. The molecule has 1 aromatic carbocycles. The van der Waals surface area contributed by atoms with Crippen LogP contribution in [-0.4, -0.2) is 58.3 Å². The van der Waals surface area contributed by atoms with E-state index in [-0.39, 0.29) is 18.3 Å². The molecule has 2 aliphatic heterocycles. The molecule has 25 heavy (non-hydrogen) atoms. The molecule has 0 unspecified atom stereocenters. The second kappa shape index (κ2) is 8.63. The van der Waals surface area contributed by atoms with Gasteiger partial charge in [0, 0.05) is 25.2 Å². The fourth-order valence-corrected chi connectivity index (χ4v) is 3.79. The quantitative estimate of drug-likeness (QED) is 0.880. The van der Waals surface area contributed by atoms with Crippen LogP contribution < -0.4 is 19.5 Å². The molecule has 2 heterocycles. The maximum Gasteiger partial charge on any atom is 0.257 e. The molecule has 2 fully saturated rings. The van der Waals surface area contributed by atoms with Gasteiger partial charge in [0.05, 0.1) is 26.9 Å². The van der Waals surface area contributed by atoms with Gasteiger partial charge in [0.25, 0.3) is 5.91 Å². The van der Waals surface area contributed by atoms with E-state index in [2.05, 4.69) is 5.32 Å². The first kappa shape index (κ1) is 19.7. The van der Waals surface area contributed by atoms with Crippen LogP contribution in [0.3, 0.4) is 0 Å². The third kappa shape index (κ3) is 3.96. The molecule has 0 bridgehead atoms. The lowest BCUT2D eigenvalue weighted by Crippen LogP contribution is -2.33. The van der Waals surface area contributed by atoms with Crippen LogP contribution in [0.2, 0.25) is 0 Å². The molecule has 6 nitrogen and oxygen atoms in total. The Bertz CT molecular complexity index is 597. The fraction of sp³-hybridized carbons (Fsp3) is 0.611. The number of fused-ring (bicyclic) bond motifs is 1. The Hall–Kier alpha value is -1.66. The zero-order valence-electron chi connectivity index (χ0n) is 15.0. The van der Waals surface area contributed by atoms with Crippen LogP contribution in [-0.2, 0) is 0 Å². The first-order chi connectivity index (χ1) is 11.7. The van der Waals surface area contributed by atoms with Gasteiger partial charge in [-0.3, -0.25) is 4.79 Å². The second-order valence-corrected chi connectivity index (χ2v) is 6.46. The van der Waals surface area contributed by atoms with Crippen LogP contribution >= 0.6 is 12.4 Å². The van der Waals surface area contributed by atoms with E-state index in [9.17, 15) is 4.79 Å². The first-order valence-electron chi connectivity index (χ1n) is 8.48. The number of likely N-dealkylation sites (tertiary alicyclic amines) is 1. The van der Waals surface area contributed by atoms with Crippen molar-refractivity contribution in [2.24, 2.45) is 11.8 Å². The highest BCUT2D eigenvalue weighted by atomic mass is 35.5. The highest BCUT2D eigenvalue weighted by Gasteiger charge is 2.32. The topological polar surface area (TPSA) is 60.0 Å². The minimum atomic E-state index is 0. The highest BCUT2D eigenvalue weighted by Crippen LogP contribution is 2.36. The first-order valence-corrected chi connectivity index (χ1v) is 8.48. The number of benzene rings is 1. The SMILES string of the molecule is COc1cc(OC)c(C(=O)N2CC[C@@H]3CNC[C@@H]3CC2)cc1OC.Cl. The molecule has 0 saturated carbocycles. The highest BCUT2D eigenvalue weighted by molar-refractivity contribution is 5.97. The summed E-state index contributed by atoms with van der Waals surface area (Å²) in [5.74, 6) is 3.00. The number of nitrogens with zero attached hydrogens (tertiary/aromatic N) is 1. The van der Waals surface area contributed by atoms with Gasteiger partial charge in [0.2, 0.25) is 0 Å². The van der Waals surface area contributed by atoms with Crippen LogP contribution in [0.25, 0.3) is 0 Å². The largest absolute Gasteiger partial charge is 0.496 e. The standard InChI is InChI=1S/C18H26N2O4.ClH/c1-22-15-9-17(24-3)16(23-2)8-14(15)18(21)20-6-4-12-10-19-11-13(12)5-7-20;/h8-9,12-13,19H,4-7,10-11H2,1-3H3;1H/t12-,13+;. The summed E-state index contributed by atoms with van der Waals surface area (Å²) in [5.41, 5.74) is 0.528. The van der Waals surface area contributed by atoms with Crippen LogP contribution in [0.1, 0.15) is 23.2 Å². The van der Waals surface area contributed by atoms with E-state index < -0.39 is 0 Å². The van der Waals surface area contributed by atoms with E-state index in [1.165, 1.54) is 0 Å². The third-order valence-corrected chi connectivity index (χ3v) is 5.24. The van der Waals surface area contributed by atoms with E-state index in [1.807, 2.05) is 4.90 Å². The smallest absolute Gasteiger partial charge is 0.257 e. The van der Waals surface area contributed by atoms with E-state index in [4.69, 9.17) is 14.2 Å². The number of halogens is 1. The lowest BCUT2D eigenvalue weighted by atomic mass is 9.92. The minimum Gasteiger partial charge on any atom is -0.496 e. The second-order valence-electron chi connectivity index (χ2n) is 6.46. The average Bonchev–Trinajstić information content (AvgIpc) is 2.98. The number of carbonyl (C=O) groups excluding carboxylic acids is 1. The molecule has 2 saturated heterocycles. The van der Waals surface area contributed by atoms with E-state index in [1.54, 1.807) is 33.5 Å². The molecule has 0 spiro atoms. The molecule has 1 N–H and O–H groups in total. The summed E-state index contributed by atoms with van der Waals surface area (Å²) in [6.45, 7) is 3.73. The molecule has 0 aliphatic carbocycles. The Balaban J connectivity index is 0.00000225. The number of methoxy groups -OCH3 is 3. The maximum absolute atomic E-state index is 13.1. The van der Waals surface area contributed by atoms with Crippen molar-refractivity contribution in [3.8, 4) is 17.2 Å². The van der Waals surface area contributed by atoms with Crippen LogP contribution in [0.5, 0.6) is 17.2 Å². The zero-order valence-corrected chi connectivity index (χ0v) is 15.9. The van der Waals surface area contributed by atoms with Crippen LogP contribution in [0.4, 0.5) is 0 Å². The summed E-state index contributed by atoms with van der Waals surface area (Å²) >= 11 is 0. The van der Waals surface area contributed by atoms with E-state index >= 15 is 0 Å². The Labute approximate surface area is 155 Å². The normalized spacial score (nSPS) is 22.4. The minimum absolute atomic E-state index is 0. The number of carbonyl (C=O) groups is 1. The predicted molar refractivity (Wildman–Crippen MR) is 98.3 cm³/mol. The van der Waals surface area contributed by atoms with Crippen molar-refractivity contribution in [3.63, 3.8) is 0 Å². The Kier molecular flexibility index (Phi) is 6.79. The fourth-order valence-electron chi connectivity index (χ4n) is 3.79. The van der Waals surface area contributed by atoms with Crippen LogP contribution in [0, 0.1) is 11.8 Å². The number of hydrogen-bond donors (Lipinski definition) is 1. The summed E-state index contributed by atoms with van der Waals surface area (Å²) in [6, 6.07) is 3.43. The predicted octanol–water partition coefficient (Wildman–Crippen LogP) is 2.21. The lowest BCUT2D eigenvalue weighted by molar-refractivity contribution is 0.0754. The molecule has 0 radical (unpaired) electrons. The van der Waals surface area contributed by atoms with E-state index in [0.29, 0.717) is 34.6 Å². The van der Waals surface area contributed by atoms with E-state index in [0.717, 1.165) is 39.0 Å². The molecule has 1 aromatic rings. The molecule has 2 atom stereocenters. The number of rotatable bonds is 4. The Morgan fingerprint density at radius 3 is 2.00 bits per heavy atom. The van der Waals surface area contributed by atoms with Gasteiger partial charge in [-0.05, 0) is 37.8 Å². The van der Waals surface area contributed by atoms with Crippen molar-refractivity contribution in [1.29, 1.82) is 0 Å². The van der Waals surface area contributed by atoms with Gasteiger partial charge in [-0.2, -0.15) is 0 Å². The molecule has 2 aliphatic rings. The van der Waals surface area contributed by atoms with Crippen molar-refractivity contribution in [2.75, 3.05) is 47.5 Å². The molecule has 7 heteroatoms. The van der Waals surface area contributed by atoms with Gasteiger partial charge in [0.1, 0.15) is 5.75 Å². The summed E-state index contributed by atoms with van der Waals surface area (Å²) in [7, 11) is 4.70. The molecule has 140 valence electrons. The summed E-state index contributed by atoms with van der Waals surface area (Å²) in [6.07, 6.45) is 2.11. The molecule has 1 amide bonds. The summed E-state index contributed by atoms with van der Waals surface area (Å²) in [4.78, 5) is 15.0. The molecule has 0 aromatic heterocycles. The molecular formula is C18H27ClN2O4. The van der Waals surface area contributed by atoms with Crippen molar-refractivity contribution in [2.45, 2.75) is 12.8 Å². The Morgan fingerprint density at radius 2 is 1.48 bits per heavy atom. The zero-order chi connectivity index (χ0) is 17.1. The number of ether oxygens (including phenoxy) is 3. The number of hydrogen-bond acceptors (Lipinski definition) is 5.